The second-order valence-electron chi connectivity index (χ2n) is 5.75. The molecule has 0 spiro atoms. The van der Waals surface area contributed by atoms with Gasteiger partial charge in [0, 0.05) is 36.4 Å². The molecule has 0 saturated carbocycles. The van der Waals surface area contributed by atoms with Crippen LogP contribution in [-0.4, -0.2) is 42.2 Å². The van der Waals surface area contributed by atoms with Gasteiger partial charge >= 0.3 is 0 Å². The molecule has 106 valence electrons. The van der Waals surface area contributed by atoms with Crippen LogP contribution in [0.4, 0.5) is 5.69 Å². The molecule has 19 heavy (non-hydrogen) atoms. The van der Waals surface area contributed by atoms with Crippen molar-refractivity contribution >= 4 is 5.69 Å². The highest BCUT2D eigenvalue weighted by Crippen LogP contribution is 2.30. The Bertz CT molecular complexity index is 409. The average Bonchev–Trinajstić information content (AvgIpc) is 2.43. The van der Waals surface area contributed by atoms with Gasteiger partial charge in [-0.2, -0.15) is 0 Å². The standard InChI is InChI=1S/C16H26N2O/c1-5-16(19)14-8-6-7-9-15(14)18-10-12(2)17(4)13(3)11-18/h6-9,12-13,16,19H,5,10-11H2,1-4H3. The summed E-state index contributed by atoms with van der Waals surface area (Å²) in [6.45, 7) is 8.60. The number of piperazine rings is 1. The number of rotatable bonds is 3. The average molecular weight is 262 g/mol. The van der Waals surface area contributed by atoms with Crippen molar-refractivity contribution in [2.24, 2.45) is 0 Å². The lowest BCUT2D eigenvalue weighted by molar-refractivity contribution is 0.164. The number of aliphatic hydroxyl groups is 1. The van der Waals surface area contributed by atoms with Crippen LogP contribution in [0.2, 0.25) is 0 Å². The van der Waals surface area contributed by atoms with Gasteiger partial charge in [-0.1, -0.05) is 25.1 Å². The van der Waals surface area contributed by atoms with Crippen molar-refractivity contribution in [3.05, 3.63) is 29.8 Å². The highest BCUT2D eigenvalue weighted by Gasteiger charge is 2.28. The van der Waals surface area contributed by atoms with Gasteiger partial charge in [0.25, 0.3) is 0 Å². The zero-order valence-corrected chi connectivity index (χ0v) is 12.5. The van der Waals surface area contributed by atoms with E-state index in [0.717, 1.165) is 25.1 Å². The summed E-state index contributed by atoms with van der Waals surface area (Å²) in [7, 11) is 2.19. The monoisotopic (exact) mass is 262 g/mol. The van der Waals surface area contributed by atoms with Gasteiger partial charge in [-0.3, -0.25) is 4.90 Å². The van der Waals surface area contributed by atoms with Crippen molar-refractivity contribution in [1.29, 1.82) is 0 Å². The molecule has 1 aromatic carbocycles. The Kier molecular flexibility index (Phi) is 4.48. The lowest BCUT2D eigenvalue weighted by Crippen LogP contribution is -2.55. The number of likely N-dealkylation sites (N-methyl/N-ethyl adjacent to an activating group) is 1. The summed E-state index contributed by atoms with van der Waals surface area (Å²) in [6, 6.07) is 9.34. The molecule has 1 heterocycles. The number of hydrogen-bond acceptors (Lipinski definition) is 3. The Labute approximate surface area is 116 Å². The smallest absolute Gasteiger partial charge is 0.0807 e. The molecule has 1 aromatic rings. The fraction of sp³-hybridized carbons (Fsp3) is 0.625. The third kappa shape index (κ3) is 2.93. The first kappa shape index (κ1) is 14.4. The van der Waals surface area contributed by atoms with E-state index in [0.29, 0.717) is 12.1 Å². The molecule has 3 nitrogen and oxygen atoms in total. The van der Waals surface area contributed by atoms with Gasteiger partial charge in [-0.15, -0.1) is 0 Å². The predicted molar refractivity (Wildman–Crippen MR) is 80.6 cm³/mol. The highest BCUT2D eigenvalue weighted by molar-refractivity contribution is 5.55. The molecule has 3 heteroatoms. The van der Waals surface area contributed by atoms with Gasteiger partial charge in [0.15, 0.2) is 0 Å². The van der Waals surface area contributed by atoms with Crippen LogP contribution in [0.25, 0.3) is 0 Å². The number of benzene rings is 1. The zero-order chi connectivity index (χ0) is 14.0. The second kappa shape index (κ2) is 5.93. The molecule has 1 saturated heterocycles. The normalized spacial score (nSPS) is 26.5. The van der Waals surface area contributed by atoms with Crippen LogP contribution in [0.15, 0.2) is 24.3 Å². The largest absolute Gasteiger partial charge is 0.388 e. The van der Waals surface area contributed by atoms with Crippen LogP contribution in [0.5, 0.6) is 0 Å². The lowest BCUT2D eigenvalue weighted by atomic mass is 10.0. The molecular weight excluding hydrogens is 236 g/mol. The molecule has 0 radical (unpaired) electrons. The van der Waals surface area contributed by atoms with Gasteiger partial charge in [0.05, 0.1) is 6.10 Å². The van der Waals surface area contributed by atoms with E-state index in [2.05, 4.69) is 48.9 Å². The summed E-state index contributed by atoms with van der Waals surface area (Å²) in [5, 5.41) is 10.2. The third-order valence-corrected chi connectivity index (χ3v) is 4.38. The minimum atomic E-state index is -0.360. The van der Waals surface area contributed by atoms with Crippen LogP contribution in [-0.2, 0) is 0 Å². The molecule has 3 atom stereocenters. The maximum Gasteiger partial charge on any atom is 0.0807 e. The maximum atomic E-state index is 10.2. The Morgan fingerprint density at radius 2 is 1.79 bits per heavy atom. The quantitative estimate of drug-likeness (QED) is 0.907. The van der Waals surface area contributed by atoms with Gasteiger partial charge in [0.2, 0.25) is 0 Å². The molecule has 2 rings (SSSR count). The zero-order valence-electron chi connectivity index (χ0n) is 12.5. The van der Waals surface area contributed by atoms with E-state index >= 15 is 0 Å². The fourth-order valence-corrected chi connectivity index (χ4v) is 2.88. The maximum absolute atomic E-state index is 10.2. The van der Waals surface area contributed by atoms with E-state index in [9.17, 15) is 5.11 Å². The van der Waals surface area contributed by atoms with E-state index < -0.39 is 0 Å². The summed E-state index contributed by atoms with van der Waals surface area (Å²) in [5.41, 5.74) is 2.26. The van der Waals surface area contributed by atoms with Crippen molar-refractivity contribution in [3.63, 3.8) is 0 Å². The summed E-state index contributed by atoms with van der Waals surface area (Å²) in [5.74, 6) is 0. The summed E-state index contributed by atoms with van der Waals surface area (Å²) in [4.78, 5) is 4.85. The van der Waals surface area contributed by atoms with E-state index in [4.69, 9.17) is 0 Å². The number of aliphatic hydroxyl groups excluding tert-OH is 1. The molecule has 0 bridgehead atoms. The topological polar surface area (TPSA) is 26.7 Å². The minimum Gasteiger partial charge on any atom is -0.388 e. The van der Waals surface area contributed by atoms with Gasteiger partial charge in [-0.25, -0.2) is 0 Å². The fourth-order valence-electron chi connectivity index (χ4n) is 2.88. The molecule has 1 aliphatic rings. The molecule has 1 N–H and O–H groups in total. The van der Waals surface area contributed by atoms with Crippen molar-refractivity contribution in [3.8, 4) is 0 Å². The summed E-state index contributed by atoms with van der Waals surface area (Å²) < 4.78 is 0. The molecule has 3 unspecified atom stereocenters. The van der Waals surface area contributed by atoms with E-state index in [1.807, 2.05) is 13.0 Å². The Morgan fingerprint density at radius 1 is 1.21 bits per heavy atom. The Hall–Kier alpha value is -1.06. The highest BCUT2D eigenvalue weighted by atomic mass is 16.3. The van der Waals surface area contributed by atoms with E-state index in [-0.39, 0.29) is 6.10 Å². The van der Waals surface area contributed by atoms with Crippen molar-refractivity contribution in [1.82, 2.24) is 4.90 Å². The van der Waals surface area contributed by atoms with Crippen LogP contribution >= 0.6 is 0 Å². The van der Waals surface area contributed by atoms with Crippen molar-refractivity contribution in [2.45, 2.75) is 45.4 Å². The van der Waals surface area contributed by atoms with Gasteiger partial charge in [0.1, 0.15) is 0 Å². The molecule has 1 aliphatic heterocycles. The molecule has 0 aliphatic carbocycles. The van der Waals surface area contributed by atoms with Crippen LogP contribution in [0.3, 0.4) is 0 Å². The number of anilines is 1. The minimum absolute atomic E-state index is 0.360. The first-order valence-electron chi connectivity index (χ1n) is 7.28. The second-order valence-corrected chi connectivity index (χ2v) is 5.75. The van der Waals surface area contributed by atoms with Crippen molar-refractivity contribution < 1.29 is 5.11 Å². The van der Waals surface area contributed by atoms with Crippen LogP contribution < -0.4 is 4.90 Å². The van der Waals surface area contributed by atoms with Crippen LogP contribution in [0.1, 0.15) is 38.9 Å². The van der Waals surface area contributed by atoms with Crippen molar-refractivity contribution in [2.75, 3.05) is 25.0 Å². The van der Waals surface area contributed by atoms with Gasteiger partial charge in [-0.05, 0) is 33.4 Å². The summed E-state index contributed by atoms with van der Waals surface area (Å²) in [6.07, 6.45) is 0.400. The SMILES string of the molecule is CCC(O)c1ccccc1N1CC(C)N(C)C(C)C1. The number of nitrogens with zero attached hydrogens (tertiary/aromatic N) is 2. The molecule has 1 fully saturated rings. The van der Waals surface area contributed by atoms with E-state index in [1.165, 1.54) is 5.69 Å². The van der Waals surface area contributed by atoms with Crippen LogP contribution in [0, 0.1) is 0 Å². The van der Waals surface area contributed by atoms with Gasteiger partial charge < -0.3 is 10.0 Å². The summed E-state index contributed by atoms with van der Waals surface area (Å²) >= 11 is 0. The molecule has 0 aromatic heterocycles. The predicted octanol–water partition coefficient (Wildman–Crippen LogP) is 2.66. The molecular formula is C16H26N2O. The first-order chi connectivity index (χ1) is 9.04. The number of hydrogen-bond donors (Lipinski definition) is 1. The lowest BCUT2D eigenvalue weighted by Gasteiger charge is -2.44. The Balaban J connectivity index is 2.27. The van der Waals surface area contributed by atoms with E-state index in [1.54, 1.807) is 0 Å². The Morgan fingerprint density at radius 3 is 2.37 bits per heavy atom. The molecule has 0 amide bonds. The third-order valence-electron chi connectivity index (χ3n) is 4.38. The number of para-hydroxylation sites is 1. The first-order valence-corrected chi connectivity index (χ1v) is 7.28.